The van der Waals surface area contributed by atoms with Crippen molar-refractivity contribution in [1.29, 1.82) is 0 Å². The van der Waals surface area contributed by atoms with E-state index in [-0.39, 0.29) is 5.71 Å². The SMILES string of the molecule is O=C(O)C1=NCc2ccccc2SC1. The number of carboxylic acid groups (broad SMARTS) is 1. The minimum Gasteiger partial charge on any atom is -0.477 e. The Bertz CT molecular complexity index is 401. The number of aliphatic carboxylic acids is 1. The van der Waals surface area contributed by atoms with Crippen molar-refractivity contribution in [1.82, 2.24) is 0 Å². The van der Waals surface area contributed by atoms with Gasteiger partial charge in [-0.25, -0.2) is 4.79 Å². The van der Waals surface area contributed by atoms with Gasteiger partial charge in [0.2, 0.25) is 0 Å². The molecule has 0 saturated carbocycles. The second kappa shape index (κ2) is 3.84. The van der Waals surface area contributed by atoms with Crippen LogP contribution in [0, 0.1) is 0 Å². The number of aliphatic imine (C=N–C) groups is 1. The van der Waals surface area contributed by atoms with Gasteiger partial charge >= 0.3 is 5.97 Å². The minimum atomic E-state index is -0.912. The number of carbonyl (C=O) groups is 1. The molecule has 0 saturated heterocycles. The Kier molecular flexibility index (Phi) is 2.54. The highest BCUT2D eigenvalue weighted by atomic mass is 32.2. The summed E-state index contributed by atoms with van der Waals surface area (Å²) in [6.07, 6.45) is 0. The molecular formula is C10H9NO2S. The Morgan fingerprint density at radius 2 is 2.21 bits per heavy atom. The topological polar surface area (TPSA) is 49.7 Å². The summed E-state index contributed by atoms with van der Waals surface area (Å²) >= 11 is 1.53. The van der Waals surface area contributed by atoms with Crippen LogP contribution in [-0.2, 0) is 11.3 Å². The summed E-state index contributed by atoms with van der Waals surface area (Å²) < 4.78 is 0. The van der Waals surface area contributed by atoms with Gasteiger partial charge < -0.3 is 5.11 Å². The monoisotopic (exact) mass is 207 g/mol. The summed E-state index contributed by atoms with van der Waals surface area (Å²) in [5.74, 6) is -0.461. The lowest BCUT2D eigenvalue weighted by molar-refractivity contribution is -0.129. The first-order valence-corrected chi connectivity index (χ1v) is 5.23. The molecule has 14 heavy (non-hydrogen) atoms. The summed E-state index contributed by atoms with van der Waals surface area (Å²) in [6.45, 7) is 0.477. The number of rotatable bonds is 1. The Balaban J connectivity index is 2.28. The third-order valence-electron chi connectivity index (χ3n) is 2.02. The molecular weight excluding hydrogens is 198 g/mol. The van der Waals surface area contributed by atoms with Crippen LogP contribution in [0.1, 0.15) is 5.56 Å². The van der Waals surface area contributed by atoms with Gasteiger partial charge in [0.25, 0.3) is 0 Å². The lowest BCUT2D eigenvalue weighted by Gasteiger charge is -2.01. The largest absolute Gasteiger partial charge is 0.477 e. The summed E-state index contributed by atoms with van der Waals surface area (Å²) in [5, 5.41) is 8.80. The van der Waals surface area contributed by atoms with Crippen LogP contribution < -0.4 is 0 Å². The zero-order valence-electron chi connectivity index (χ0n) is 7.43. The second-order valence-electron chi connectivity index (χ2n) is 2.96. The Morgan fingerprint density at radius 3 is 3.00 bits per heavy atom. The van der Waals surface area contributed by atoms with Gasteiger partial charge in [-0.3, -0.25) is 4.99 Å². The summed E-state index contributed by atoms with van der Waals surface area (Å²) in [4.78, 5) is 15.9. The maximum absolute atomic E-state index is 10.7. The van der Waals surface area contributed by atoms with E-state index in [9.17, 15) is 4.79 Å². The number of fused-ring (bicyclic) bond motifs is 1. The molecule has 72 valence electrons. The van der Waals surface area contributed by atoms with Gasteiger partial charge in [0, 0.05) is 10.6 Å². The van der Waals surface area contributed by atoms with E-state index in [1.54, 1.807) is 0 Å². The summed E-state index contributed by atoms with van der Waals surface area (Å²) in [6, 6.07) is 7.88. The van der Waals surface area contributed by atoms with Crippen molar-refractivity contribution >= 4 is 23.4 Å². The maximum atomic E-state index is 10.7. The van der Waals surface area contributed by atoms with E-state index in [1.165, 1.54) is 11.8 Å². The van der Waals surface area contributed by atoms with Crippen LogP contribution in [0.5, 0.6) is 0 Å². The van der Waals surface area contributed by atoms with Crippen molar-refractivity contribution in [3.05, 3.63) is 29.8 Å². The lowest BCUT2D eigenvalue weighted by Crippen LogP contribution is -2.14. The highest BCUT2D eigenvalue weighted by Gasteiger charge is 2.14. The van der Waals surface area contributed by atoms with Crippen LogP contribution in [0.25, 0.3) is 0 Å². The van der Waals surface area contributed by atoms with E-state index in [1.807, 2.05) is 24.3 Å². The number of hydrogen-bond acceptors (Lipinski definition) is 3. The van der Waals surface area contributed by atoms with Gasteiger partial charge in [0.15, 0.2) is 0 Å². The first kappa shape index (κ1) is 9.27. The lowest BCUT2D eigenvalue weighted by atomic mass is 10.2. The van der Waals surface area contributed by atoms with Gasteiger partial charge in [-0.15, -0.1) is 11.8 Å². The molecule has 0 amide bonds. The van der Waals surface area contributed by atoms with Gasteiger partial charge in [0.1, 0.15) is 5.71 Å². The molecule has 1 aliphatic heterocycles. The van der Waals surface area contributed by atoms with Gasteiger partial charge in [-0.1, -0.05) is 18.2 Å². The smallest absolute Gasteiger partial charge is 0.350 e. The predicted octanol–water partition coefficient (Wildman–Crippen LogP) is 1.82. The van der Waals surface area contributed by atoms with Crippen LogP contribution in [0.4, 0.5) is 0 Å². The molecule has 0 radical (unpaired) electrons. The summed E-state index contributed by atoms with van der Waals surface area (Å²) in [5.41, 5.74) is 1.36. The van der Waals surface area contributed by atoms with Crippen LogP contribution >= 0.6 is 11.8 Å². The van der Waals surface area contributed by atoms with E-state index < -0.39 is 5.97 Å². The number of thioether (sulfide) groups is 1. The fourth-order valence-electron chi connectivity index (χ4n) is 1.28. The highest BCUT2D eigenvalue weighted by Crippen LogP contribution is 2.25. The van der Waals surface area contributed by atoms with Crippen molar-refractivity contribution in [3.63, 3.8) is 0 Å². The molecule has 2 rings (SSSR count). The molecule has 1 aromatic rings. The van der Waals surface area contributed by atoms with Crippen molar-refractivity contribution in [2.24, 2.45) is 4.99 Å². The maximum Gasteiger partial charge on any atom is 0.350 e. The highest BCUT2D eigenvalue weighted by molar-refractivity contribution is 8.00. The molecule has 4 heteroatoms. The van der Waals surface area contributed by atoms with Gasteiger partial charge in [-0.05, 0) is 11.6 Å². The van der Waals surface area contributed by atoms with Crippen molar-refractivity contribution in [2.75, 3.05) is 5.75 Å². The van der Waals surface area contributed by atoms with Crippen LogP contribution in [0.3, 0.4) is 0 Å². The van der Waals surface area contributed by atoms with E-state index in [4.69, 9.17) is 5.11 Å². The van der Waals surface area contributed by atoms with Crippen molar-refractivity contribution in [3.8, 4) is 0 Å². The average molecular weight is 207 g/mol. The first-order valence-electron chi connectivity index (χ1n) is 4.24. The summed E-state index contributed by atoms with van der Waals surface area (Å²) in [7, 11) is 0. The van der Waals surface area contributed by atoms with E-state index in [2.05, 4.69) is 4.99 Å². The van der Waals surface area contributed by atoms with E-state index in [0.29, 0.717) is 12.3 Å². The zero-order chi connectivity index (χ0) is 9.97. The fraction of sp³-hybridized carbons (Fsp3) is 0.200. The van der Waals surface area contributed by atoms with Gasteiger partial charge in [-0.2, -0.15) is 0 Å². The zero-order valence-corrected chi connectivity index (χ0v) is 8.25. The third kappa shape index (κ3) is 1.80. The van der Waals surface area contributed by atoms with Crippen molar-refractivity contribution in [2.45, 2.75) is 11.4 Å². The van der Waals surface area contributed by atoms with Crippen LogP contribution in [0.2, 0.25) is 0 Å². The Morgan fingerprint density at radius 1 is 1.43 bits per heavy atom. The number of carboxylic acids is 1. The molecule has 1 N–H and O–H groups in total. The van der Waals surface area contributed by atoms with E-state index >= 15 is 0 Å². The number of benzene rings is 1. The van der Waals surface area contributed by atoms with Crippen molar-refractivity contribution < 1.29 is 9.90 Å². The minimum absolute atomic E-state index is 0.256. The molecule has 1 heterocycles. The molecule has 1 aromatic carbocycles. The van der Waals surface area contributed by atoms with Crippen LogP contribution in [-0.4, -0.2) is 22.5 Å². The third-order valence-corrected chi connectivity index (χ3v) is 3.15. The molecule has 0 spiro atoms. The molecule has 0 fully saturated rings. The first-order chi connectivity index (χ1) is 6.77. The molecule has 1 aliphatic rings. The molecule has 0 aliphatic carbocycles. The molecule has 0 unspecified atom stereocenters. The molecule has 0 atom stereocenters. The molecule has 0 aromatic heterocycles. The van der Waals surface area contributed by atoms with E-state index in [0.717, 1.165) is 10.5 Å². The quantitative estimate of drug-likeness (QED) is 0.764. The average Bonchev–Trinajstić information content (AvgIpc) is 2.39. The van der Waals surface area contributed by atoms with Gasteiger partial charge in [0.05, 0.1) is 6.54 Å². The Labute approximate surface area is 85.9 Å². The number of hydrogen-bond donors (Lipinski definition) is 1. The molecule has 0 bridgehead atoms. The molecule has 3 nitrogen and oxygen atoms in total. The Hall–Kier alpha value is -1.29. The fourth-order valence-corrected chi connectivity index (χ4v) is 2.28. The normalized spacial score (nSPS) is 15.3. The van der Waals surface area contributed by atoms with Crippen LogP contribution in [0.15, 0.2) is 34.2 Å². The predicted molar refractivity (Wildman–Crippen MR) is 55.9 cm³/mol. The second-order valence-corrected chi connectivity index (χ2v) is 3.98. The number of nitrogens with zero attached hydrogens (tertiary/aromatic N) is 1. The standard InChI is InChI=1S/C10H9NO2S/c12-10(13)8-6-14-9-4-2-1-3-7(9)5-11-8/h1-4H,5-6H2,(H,12,13).